The number of fused-ring (bicyclic) bond motifs is 1. The van der Waals surface area contributed by atoms with E-state index in [2.05, 4.69) is 42.1 Å². The van der Waals surface area contributed by atoms with Gasteiger partial charge in [-0.05, 0) is 22.9 Å². The Hall–Kier alpha value is -2.36. The van der Waals surface area contributed by atoms with Crippen LogP contribution in [-0.2, 0) is 7.05 Å². The van der Waals surface area contributed by atoms with E-state index in [-0.39, 0.29) is 0 Å². The van der Waals surface area contributed by atoms with Crippen molar-refractivity contribution in [1.82, 2.24) is 14.8 Å². The Kier molecular flexibility index (Phi) is 2.93. The number of aromatic nitrogens is 3. The van der Waals surface area contributed by atoms with E-state index in [0.29, 0.717) is 5.92 Å². The number of nitrogens with zero attached hydrogens (tertiary/aromatic N) is 3. The highest BCUT2D eigenvalue weighted by Gasteiger charge is 2.14. The maximum Gasteiger partial charge on any atom is 0.160 e. The lowest BCUT2D eigenvalue weighted by Gasteiger charge is -2.07. The minimum absolute atomic E-state index is 0.302. The van der Waals surface area contributed by atoms with Crippen molar-refractivity contribution in [2.75, 3.05) is 5.73 Å². The van der Waals surface area contributed by atoms with E-state index in [1.54, 1.807) is 4.68 Å². The van der Waals surface area contributed by atoms with Gasteiger partial charge < -0.3 is 5.73 Å². The molecule has 0 aliphatic rings. The molecule has 0 bridgehead atoms. The molecule has 0 saturated carbocycles. The summed E-state index contributed by atoms with van der Waals surface area (Å²) in [4.78, 5) is 4.62. The van der Waals surface area contributed by atoms with Gasteiger partial charge in [-0.1, -0.05) is 38.1 Å². The molecule has 2 N–H and O–H groups in total. The molecule has 0 aliphatic heterocycles. The molecule has 0 spiro atoms. The van der Waals surface area contributed by atoms with Gasteiger partial charge in [0.05, 0.1) is 0 Å². The second-order valence-corrected chi connectivity index (χ2v) is 5.36. The van der Waals surface area contributed by atoms with Crippen LogP contribution in [0.1, 0.15) is 25.6 Å². The normalized spacial score (nSPS) is 11.4. The minimum Gasteiger partial charge on any atom is -0.398 e. The first-order valence-electron chi connectivity index (χ1n) is 6.76. The molecule has 102 valence electrons. The predicted octanol–water partition coefficient (Wildman–Crippen LogP) is 3.34. The van der Waals surface area contributed by atoms with Crippen molar-refractivity contribution in [2.45, 2.75) is 19.8 Å². The zero-order valence-electron chi connectivity index (χ0n) is 12.0. The third kappa shape index (κ3) is 2.03. The smallest absolute Gasteiger partial charge is 0.160 e. The summed E-state index contributed by atoms with van der Waals surface area (Å²) in [5.74, 6) is 1.96. The molecule has 3 rings (SSSR count). The minimum atomic E-state index is 0.302. The number of benzene rings is 2. The number of anilines is 1. The second-order valence-electron chi connectivity index (χ2n) is 5.36. The molecule has 1 aromatic heterocycles. The van der Waals surface area contributed by atoms with E-state index in [1.807, 2.05) is 25.2 Å². The Morgan fingerprint density at radius 3 is 2.35 bits per heavy atom. The molecule has 4 heteroatoms. The lowest BCUT2D eigenvalue weighted by molar-refractivity contribution is 0.712. The number of hydrogen-bond acceptors (Lipinski definition) is 3. The number of nitrogens with two attached hydrogens (primary N) is 1. The van der Waals surface area contributed by atoms with Crippen molar-refractivity contribution < 1.29 is 0 Å². The quantitative estimate of drug-likeness (QED) is 0.724. The average molecular weight is 266 g/mol. The number of hydrogen-bond donors (Lipinski definition) is 1. The van der Waals surface area contributed by atoms with Gasteiger partial charge in [0.1, 0.15) is 0 Å². The van der Waals surface area contributed by atoms with Crippen LogP contribution in [0.2, 0.25) is 0 Å². The second kappa shape index (κ2) is 4.63. The lowest BCUT2D eigenvalue weighted by atomic mass is 10.0. The van der Waals surface area contributed by atoms with E-state index in [9.17, 15) is 0 Å². The van der Waals surface area contributed by atoms with Crippen molar-refractivity contribution in [3.8, 4) is 11.4 Å². The van der Waals surface area contributed by atoms with Crippen molar-refractivity contribution in [3.63, 3.8) is 0 Å². The van der Waals surface area contributed by atoms with E-state index in [0.717, 1.165) is 33.7 Å². The summed E-state index contributed by atoms with van der Waals surface area (Å²) in [6.07, 6.45) is 0. The monoisotopic (exact) mass is 266 g/mol. The van der Waals surface area contributed by atoms with Crippen molar-refractivity contribution in [1.29, 1.82) is 0 Å². The van der Waals surface area contributed by atoms with E-state index >= 15 is 0 Å². The van der Waals surface area contributed by atoms with Crippen LogP contribution in [0.15, 0.2) is 36.4 Å². The van der Waals surface area contributed by atoms with Crippen LogP contribution >= 0.6 is 0 Å². The van der Waals surface area contributed by atoms with Crippen LogP contribution in [0, 0.1) is 0 Å². The Bertz CT molecular complexity index is 771. The van der Waals surface area contributed by atoms with Crippen LogP contribution in [0.4, 0.5) is 5.69 Å². The number of nitrogen functional groups attached to an aromatic ring is 1. The van der Waals surface area contributed by atoms with E-state index in [4.69, 9.17) is 5.73 Å². The van der Waals surface area contributed by atoms with Crippen LogP contribution < -0.4 is 5.73 Å². The fourth-order valence-electron chi connectivity index (χ4n) is 2.33. The fraction of sp³-hybridized carbons (Fsp3) is 0.250. The molecule has 0 saturated heterocycles. The molecule has 0 amide bonds. The molecule has 0 unspecified atom stereocenters. The summed E-state index contributed by atoms with van der Waals surface area (Å²) in [7, 11) is 1.91. The molecule has 1 heterocycles. The standard InChI is InChI=1S/C16H18N4/c1-10(2)15-18-16(20(3)19-15)13-8-11-6-4-5-7-12(11)9-14(13)17/h4-10H,17H2,1-3H3. The van der Waals surface area contributed by atoms with Crippen LogP contribution in [0.25, 0.3) is 22.2 Å². The largest absolute Gasteiger partial charge is 0.398 e. The predicted molar refractivity (Wildman–Crippen MR) is 82.4 cm³/mol. The first kappa shape index (κ1) is 12.7. The maximum absolute atomic E-state index is 6.19. The lowest BCUT2D eigenvalue weighted by Crippen LogP contribution is -1.98. The van der Waals surface area contributed by atoms with Crippen LogP contribution in [0.5, 0.6) is 0 Å². The van der Waals surface area contributed by atoms with Crippen molar-refractivity contribution in [2.24, 2.45) is 7.05 Å². The van der Waals surface area contributed by atoms with Crippen molar-refractivity contribution >= 4 is 16.5 Å². The molecule has 0 atom stereocenters. The zero-order valence-corrected chi connectivity index (χ0v) is 12.0. The molecule has 0 fully saturated rings. The summed E-state index contributed by atoms with van der Waals surface area (Å²) < 4.78 is 1.80. The highest BCUT2D eigenvalue weighted by molar-refractivity contribution is 5.92. The Balaban J connectivity index is 2.21. The SMILES string of the molecule is CC(C)c1nc(-c2cc3ccccc3cc2N)n(C)n1. The molecular formula is C16H18N4. The fourth-order valence-corrected chi connectivity index (χ4v) is 2.33. The third-order valence-electron chi connectivity index (χ3n) is 3.45. The molecule has 3 aromatic rings. The molecule has 4 nitrogen and oxygen atoms in total. The van der Waals surface area contributed by atoms with Gasteiger partial charge in [-0.2, -0.15) is 5.10 Å². The number of rotatable bonds is 2. The molecule has 2 aromatic carbocycles. The van der Waals surface area contributed by atoms with Gasteiger partial charge in [-0.3, -0.25) is 0 Å². The first-order valence-corrected chi connectivity index (χ1v) is 6.76. The maximum atomic E-state index is 6.19. The van der Waals surface area contributed by atoms with E-state index < -0.39 is 0 Å². The topological polar surface area (TPSA) is 56.7 Å². The summed E-state index contributed by atoms with van der Waals surface area (Å²) in [5.41, 5.74) is 7.86. The van der Waals surface area contributed by atoms with Gasteiger partial charge in [0.25, 0.3) is 0 Å². The molecular weight excluding hydrogens is 248 g/mol. The zero-order chi connectivity index (χ0) is 14.3. The number of aryl methyl sites for hydroxylation is 1. The third-order valence-corrected chi connectivity index (χ3v) is 3.45. The van der Waals surface area contributed by atoms with Gasteiger partial charge in [0.15, 0.2) is 11.6 Å². The van der Waals surface area contributed by atoms with Gasteiger partial charge in [-0.25, -0.2) is 9.67 Å². The first-order chi connectivity index (χ1) is 9.56. The van der Waals surface area contributed by atoms with Crippen molar-refractivity contribution in [3.05, 3.63) is 42.2 Å². The summed E-state index contributed by atoms with van der Waals surface area (Å²) in [5, 5.41) is 6.75. The van der Waals surface area contributed by atoms with Crippen LogP contribution in [-0.4, -0.2) is 14.8 Å². The summed E-state index contributed by atoms with van der Waals surface area (Å²) in [6, 6.07) is 12.3. The van der Waals surface area contributed by atoms with Gasteiger partial charge >= 0.3 is 0 Å². The average Bonchev–Trinajstić information content (AvgIpc) is 2.80. The molecule has 0 radical (unpaired) electrons. The summed E-state index contributed by atoms with van der Waals surface area (Å²) >= 11 is 0. The summed E-state index contributed by atoms with van der Waals surface area (Å²) in [6.45, 7) is 4.17. The van der Waals surface area contributed by atoms with E-state index in [1.165, 1.54) is 0 Å². The van der Waals surface area contributed by atoms with Crippen LogP contribution in [0.3, 0.4) is 0 Å². The molecule has 0 aliphatic carbocycles. The Morgan fingerprint density at radius 2 is 1.75 bits per heavy atom. The Labute approximate surface area is 118 Å². The molecule has 20 heavy (non-hydrogen) atoms. The van der Waals surface area contributed by atoms with Gasteiger partial charge in [-0.15, -0.1) is 0 Å². The highest BCUT2D eigenvalue weighted by atomic mass is 15.3. The highest BCUT2D eigenvalue weighted by Crippen LogP contribution is 2.30. The Morgan fingerprint density at radius 1 is 1.10 bits per heavy atom. The van der Waals surface area contributed by atoms with Gasteiger partial charge in [0, 0.05) is 24.2 Å². The van der Waals surface area contributed by atoms with Gasteiger partial charge in [0.2, 0.25) is 0 Å².